The molecule has 1 aliphatic heterocycles. The number of nitrogens with zero attached hydrogens (tertiary/aromatic N) is 2. The van der Waals surface area contributed by atoms with Crippen LogP contribution in [0, 0.1) is 6.92 Å². The summed E-state index contributed by atoms with van der Waals surface area (Å²) in [5, 5.41) is 0. The second kappa shape index (κ2) is 8.02. The van der Waals surface area contributed by atoms with Crippen molar-refractivity contribution in [1.29, 1.82) is 0 Å². The lowest BCUT2D eigenvalue weighted by molar-refractivity contribution is -0.137. The van der Waals surface area contributed by atoms with Crippen LogP contribution in [0.3, 0.4) is 0 Å². The maximum absolute atomic E-state index is 12.2. The van der Waals surface area contributed by atoms with Crippen molar-refractivity contribution in [3.05, 3.63) is 59.8 Å². The summed E-state index contributed by atoms with van der Waals surface area (Å²) in [6.45, 7) is 2.66. The molecule has 0 saturated heterocycles. The van der Waals surface area contributed by atoms with Crippen LogP contribution in [0.4, 0.5) is 0 Å². The molecule has 2 aromatic rings. The highest BCUT2D eigenvalue weighted by Crippen LogP contribution is 2.28. The van der Waals surface area contributed by atoms with E-state index in [2.05, 4.69) is 15.8 Å². The average Bonchev–Trinajstić information content (AvgIpc) is 2.68. The van der Waals surface area contributed by atoms with Gasteiger partial charge in [-0.1, -0.05) is 30.3 Å². The van der Waals surface area contributed by atoms with Gasteiger partial charge in [0.25, 0.3) is 0 Å². The number of methoxy groups -OCH3 is 1. The summed E-state index contributed by atoms with van der Waals surface area (Å²) in [5.41, 5.74) is 5.32. The third kappa shape index (κ3) is 4.43. The van der Waals surface area contributed by atoms with Crippen molar-refractivity contribution in [2.45, 2.75) is 13.3 Å². The molecule has 3 rings (SSSR count). The number of sulfonamides is 1. The zero-order valence-electron chi connectivity index (χ0n) is 15.4. The van der Waals surface area contributed by atoms with Gasteiger partial charge in [-0.05, 0) is 42.2 Å². The van der Waals surface area contributed by atoms with Gasteiger partial charge in [-0.2, -0.15) is 4.31 Å². The van der Waals surface area contributed by atoms with Gasteiger partial charge in [-0.15, -0.1) is 0 Å². The Morgan fingerprint density at radius 1 is 1.26 bits per heavy atom. The van der Waals surface area contributed by atoms with Gasteiger partial charge in [0.05, 0.1) is 12.8 Å². The molecular formula is C20H22N2O4S. The summed E-state index contributed by atoms with van der Waals surface area (Å²) in [6.07, 6.45) is 4.28. The van der Waals surface area contributed by atoms with Gasteiger partial charge in [-0.25, -0.2) is 8.42 Å². The Kier molecular flexibility index (Phi) is 5.72. The largest absolute Gasteiger partial charge is 0.468 e. The summed E-state index contributed by atoms with van der Waals surface area (Å²) in [7, 11) is -2.46. The van der Waals surface area contributed by atoms with Crippen LogP contribution >= 0.6 is 0 Å². The Hall–Kier alpha value is -2.51. The number of esters is 1. The van der Waals surface area contributed by atoms with Crippen molar-refractivity contribution < 1.29 is 17.9 Å². The first kappa shape index (κ1) is 19.3. The lowest BCUT2D eigenvalue weighted by Gasteiger charge is -2.25. The van der Waals surface area contributed by atoms with E-state index in [1.54, 1.807) is 6.20 Å². The van der Waals surface area contributed by atoms with E-state index in [9.17, 15) is 13.2 Å². The smallest absolute Gasteiger partial charge is 0.322 e. The lowest BCUT2D eigenvalue weighted by Crippen LogP contribution is -2.38. The fourth-order valence-corrected chi connectivity index (χ4v) is 4.41. The predicted molar refractivity (Wildman–Crippen MR) is 104 cm³/mol. The number of aryl methyl sites for hydroxylation is 1. The van der Waals surface area contributed by atoms with Crippen molar-refractivity contribution in [2.24, 2.45) is 0 Å². The normalized spacial score (nSPS) is 15.3. The van der Waals surface area contributed by atoms with Crippen molar-refractivity contribution in [3.63, 3.8) is 0 Å². The highest BCUT2D eigenvalue weighted by atomic mass is 32.2. The third-order valence-corrected chi connectivity index (χ3v) is 6.35. The van der Waals surface area contributed by atoms with E-state index in [4.69, 9.17) is 0 Å². The highest BCUT2D eigenvalue weighted by molar-refractivity contribution is 7.89. The van der Waals surface area contributed by atoms with Crippen LogP contribution in [0.15, 0.2) is 48.7 Å². The quantitative estimate of drug-likeness (QED) is 0.739. The van der Waals surface area contributed by atoms with Gasteiger partial charge in [0.2, 0.25) is 10.0 Å². The second-order valence-electron chi connectivity index (χ2n) is 6.41. The molecule has 0 amide bonds. The molecule has 0 aliphatic carbocycles. The number of pyridine rings is 1. The van der Waals surface area contributed by atoms with Crippen LogP contribution in [-0.2, 0) is 19.6 Å². The van der Waals surface area contributed by atoms with Crippen molar-refractivity contribution in [3.8, 4) is 11.3 Å². The number of carbonyl (C=O) groups is 1. The van der Waals surface area contributed by atoms with Crippen LogP contribution in [0.1, 0.15) is 17.5 Å². The molecule has 0 unspecified atom stereocenters. The minimum atomic E-state index is -3.65. The summed E-state index contributed by atoms with van der Waals surface area (Å²) >= 11 is 0. The molecule has 1 aromatic heterocycles. The fraction of sp³-hybridized carbons (Fsp3) is 0.300. The first-order valence-electron chi connectivity index (χ1n) is 8.67. The van der Waals surface area contributed by atoms with Crippen LogP contribution in [0.5, 0.6) is 0 Å². The zero-order valence-corrected chi connectivity index (χ0v) is 16.2. The topological polar surface area (TPSA) is 76.6 Å². The van der Waals surface area contributed by atoms with Gasteiger partial charge in [-0.3, -0.25) is 9.78 Å². The number of hydrogen-bond acceptors (Lipinski definition) is 5. The number of rotatable bonds is 5. The number of benzene rings is 1. The van der Waals surface area contributed by atoms with E-state index in [0.29, 0.717) is 13.0 Å². The molecule has 6 nitrogen and oxygen atoms in total. The number of carbonyl (C=O) groups excluding carboxylic acids is 1. The van der Waals surface area contributed by atoms with Gasteiger partial charge >= 0.3 is 5.97 Å². The van der Waals surface area contributed by atoms with E-state index >= 15 is 0 Å². The Balaban J connectivity index is 1.76. The summed E-state index contributed by atoms with van der Waals surface area (Å²) < 4.78 is 30.3. The molecule has 2 heterocycles. The predicted octanol–water partition coefficient (Wildman–Crippen LogP) is 2.65. The highest BCUT2D eigenvalue weighted by Gasteiger charge is 2.27. The minimum absolute atomic E-state index is 0.260. The van der Waals surface area contributed by atoms with E-state index in [1.165, 1.54) is 11.4 Å². The van der Waals surface area contributed by atoms with Crippen molar-refractivity contribution >= 4 is 21.6 Å². The zero-order chi connectivity index (χ0) is 19.4. The molecule has 0 atom stereocenters. The number of aromatic nitrogens is 1. The van der Waals surface area contributed by atoms with E-state index < -0.39 is 21.7 Å². The van der Waals surface area contributed by atoms with Gasteiger partial charge in [0.1, 0.15) is 0 Å². The Bertz CT molecular complexity index is 969. The van der Waals surface area contributed by atoms with Crippen LogP contribution in [0.2, 0.25) is 0 Å². The standard InChI is InChI=1S/C20H22N2O4S/c1-15-13-17(6-7-18(15)19-5-3-4-10-21-19)16-8-11-22(12-9-16)27(24,25)14-20(23)26-2/h3-8,10,13H,9,11-12,14H2,1-2H3. The van der Waals surface area contributed by atoms with Crippen LogP contribution in [-0.4, -0.2) is 49.6 Å². The number of hydrogen-bond donors (Lipinski definition) is 0. The molecule has 0 bridgehead atoms. The van der Waals surface area contributed by atoms with Gasteiger partial charge in [0, 0.05) is 24.8 Å². The van der Waals surface area contributed by atoms with Crippen LogP contribution in [0.25, 0.3) is 16.8 Å². The molecule has 27 heavy (non-hydrogen) atoms. The lowest BCUT2D eigenvalue weighted by atomic mass is 9.95. The maximum atomic E-state index is 12.2. The van der Waals surface area contributed by atoms with Crippen LogP contribution < -0.4 is 0 Å². The first-order chi connectivity index (χ1) is 12.9. The molecule has 1 aliphatic rings. The Morgan fingerprint density at radius 3 is 2.67 bits per heavy atom. The summed E-state index contributed by atoms with van der Waals surface area (Å²) in [6, 6.07) is 12.0. The van der Waals surface area contributed by atoms with E-state index in [1.807, 2.05) is 43.3 Å². The molecule has 0 N–H and O–H groups in total. The van der Waals surface area contributed by atoms with E-state index in [0.717, 1.165) is 28.0 Å². The van der Waals surface area contributed by atoms with E-state index in [-0.39, 0.29) is 6.54 Å². The first-order valence-corrected chi connectivity index (χ1v) is 10.3. The maximum Gasteiger partial charge on any atom is 0.322 e. The molecule has 1 aromatic carbocycles. The van der Waals surface area contributed by atoms with Crippen molar-refractivity contribution in [1.82, 2.24) is 9.29 Å². The third-order valence-electron chi connectivity index (χ3n) is 4.63. The van der Waals surface area contributed by atoms with Gasteiger partial charge in [0.15, 0.2) is 5.75 Å². The average molecular weight is 386 g/mol. The molecular weight excluding hydrogens is 364 g/mol. The fourth-order valence-electron chi connectivity index (χ4n) is 3.14. The second-order valence-corrected chi connectivity index (χ2v) is 8.38. The number of ether oxygens (including phenoxy) is 1. The van der Waals surface area contributed by atoms with Crippen molar-refractivity contribution in [2.75, 3.05) is 26.0 Å². The molecule has 0 radical (unpaired) electrons. The molecule has 0 spiro atoms. The Labute approximate surface area is 159 Å². The molecule has 7 heteroatoms. The summed E-state index contributed by atoms with van der Waals surface area (Å²) in [4.78, 5) is 15.7. The minimum Gasteiger partial charge on any atom is -0.468 e. The molecule has 0 fully saturated rings. The molecule has 142 valence electrons. The monoisotopic (exact) mass is 386 g/mol. The Morgan fingerprint density at radius 2 is 2.07 bits per heavy atom. The summed E-state index contributed by atoms with van der Waals surface area (Å²) in [5.74, 6) is -1.37. The van der Waals surface area contributed by atoms with Gasteiger partial charge < -0.3 is 4.74 Å². The molecule has 0 saturated carbocycles. The SMILES string of the molecule is COC(=O)CS(=O)(=O)N1CC=C(c2ccc(-c3ccccn3)c(C)c2)CC1.